The van der Waals surface area contributed by atoms with Crippen molar-refractivity contribution in [2.75, 3.05) is 20.2 Å². The van der Waals surface area contributed by atoms with Crippen LogP contribution < -0.4 is 4.72 Å². The molecule has 7 nitrogen and oxygen atoms in total. The van der Waals surface area contributed by atoms with Crippen molar-refractivity contribution in [2.45, 2.75) is 25.0 Å². The summed E-state index contributed by atoms with van der Waals surface area (Å²) >= 11 is 0. The average Bonchev–Trinajstić information content (AvgIpc) is 2.93. The molecule has 0 saturated carbocycles. The van der Waals surface area contributed by atoms with E-state index in [1.54, 1.807) is 0 Å². The first-order chi connectivity index (χ1) is 10.4. The summed E-state index contributed by atoms with van der Waals surface area (Å²) in [5, 5.41) is 9.00. The zero-order chi connectivity index (χ0) is 16.2. The molecule has 0 bridgehead atoms. The second kappa shape index (κ2) is 7.19. The highest BCUT2D eigenvalue weighted by Crippen LogP contribution is 2.15. The van der Waals surface area contributed by atoms with Crippen LogP contribution >= 0.6 is 0 Å². The van der Waals surface area contributed by atoms with E-state index in [-0.39, 0.29) is 6.61 Å². The van der Waals surface area contributed by atoms with E-state index in [0.29, 0.717) is 19.4 Å². The largest absolute Gasteiger partial charge is 0.479 e. The van der Waals surface area contributed by atoms with Crippen molar-refractivity contribution in [1.82, 2.24) is 9.03 Å². The minimum Gasteiger partial charge on any atom is -0.479 e. The van der Waals surface area contributed by atoms with Crippen LogP contribution in [0, 0.1) is 0 Å². The summed E-state index contributed by atoms with van der Waals surface area (Å²) in [5.74, 6) is -1.16. The number of benzene rings is 1. The van der Waals surface area contributed by atoms with Crippen LogP contribution in [0.2, 0.25) is 0 Å². The Morgan fingerprint density at radius 1 is 1.41 bits per heavy atom. The fourth-order valence-corrected chi connectivity index (χ4v) is 3.42. The highest BCUT2D eigenvalue weighted by Gasteiger charge is 2.37. The number of carboxylic acid groups (broad SMARTS) is 1. The molecule has 0 unspecified atom stereocenters. The molecule has 22 heavy (non-hydrogen) atoms. The molecule has 0 spiro atoms. The molecule has 0 aromatic heterocycles. The fraction of sp³-hybridized carbons (Fsp3) is 0.500. The van der Waals surface area contributed by atoms with Crippen LogP contribution in [0.3, 0.4) is 0 Å². The van der Waals surface area contributed by atoms with Crippen molar-refractivity contribution >= 4 is 16.2 Å². The Morgan fingerprint density at radius 2 is 2.09 bits per heavy atom. The normalized spacial score (nSPS) is 22.1. The molecule has 0 aliphatic carbocycles. The number of hydrogen-bond donors (Lipinski definition) is 2. The van der Waals surface area contributed by atoms with Crippen molar-refractivity contribution in [1.29, 1.82) is 0 Å². The third-order valence-electron chi connectivity index (χ3n) is 3.60. The van der Waals surface area contributed by atoms with Gasteiger partial charge in [-0.2, -0.15) is 17.4 Å². The summed E-state index contributed by atoms with van der Waals surface area (Å²) in [6.45, 7) is 0.544. The third kappa shape index (κ3) is 4.26. The van der Waals surface area contributed by atoms with E-state index in [1.807, 2.05) is 30.3 Å². The molecule has 1 aliphatic rings. The van der Waals surface area contributed by atoms with Gasteiger partial charge in [-0.05, 0) is 18.4 Å². The molecule has 1 aromatic carbocycles. The molecule has 0 radical (unpaired) electrons. The van der Waals surface area contributed by atoms with Crippen molar-refractivity contribution in [3.05, 3.63) is 35.9 Å². The summed E-state index contributed by atoms with van der Waals surface area (Å²) < 4.78 is 33.1. The third-order valence-corrected chi connectivity index (χ3v) is 5.21. The Hall–Kier alpha value is -1.48. The minimum atomic E-state index is -3.74. The predicted molar refractivity (Wildman–Crippen MR) is 80.6 cm³/mol. The number of ether oxygens (including phenoxy) is 1. The van der Waals surface area contributed by atoms with Gasteiger partial charge in [-0.1, -0.05) is 30.3 Å². The van der Waals surface area contributed by atoms with E-state index in [4.69, 9.17) is 9.84 Å². The lowest BCUT2D eigenvalue weighted by Crippen LogP contribution is -2.49. The number of likely N-dealkylation sites (N-methyl/N-ethyl adjacent to an activating group) is 1. The van der Waals surface area contributed by atoms with Crippen molar-refractivity contribution < 1.29 is 23.1 Å². The second-order valence-electron chi connectivity index (χ2n) is 5.20. The van der Waals surface area contributed by atoms with Crippen molar-refractivity contribution in [3.63, 3.8) is 0 Å². The monoisotopic (exact) mass is 328 g/mol. The number of nitrogens with zero attached hydrogens (tertiary/aromatic N) is 1. The Bertz CT molecular complexity index is 605. The molecule has 2 N–H and O–H groups in total. The van der Waals surface area contributed by atoms with Crippen LogP contribution in [0.15, 0.2) is 30.3 Å². The maximum Gasteiger partial charge on any atom is 0.334 e. The van der Waals surface area contributed by atoms with Gasteiger partial charge in [0.2, 0.25) is 0 Å². The molecule has 1 saturated heterocycles. The predicted octanol–water partition coefficient (Wildman–Crippen LogP) is 0.237. The van der Waals surface area contributed by atoms with Gasteiger partial charge in [-0.25, -0.2) is 4.79 Å². The molecule has 1 fully saturated rings. The quantitative estimate of drug-likeness (QED) is 0.747. The zero-order valence-electron chi connectivity index (χ0n) is 12.3. The maximum atomic E-state index is 12.2. The van der Waals surface area contributed by atoms with Crippen LogP contribution in [-0.4, -0.2) is 56.1 Å². The standard InChI is InChI=1S/C14H20N2O5S/c1-16(9-7-11-5-3-2-4-6-11)22(19,20)15-12-8-10-21-13(12)14(17)18/h2-6,12-13,15H,7-10H2,1H3,(H,17,18)/t12-,13+/m1/s1. The second-order valence-corrected chi connectivity index (χ2v) is 7.01. The van der Waals surface area contributed by atoms with Gasteiger partial charge in [0.15, 0.2) is 6.10 Å². The molecule has 1 aromatic rings. The Balaban J connectivity index is 1.93. The molecule has 122 valence electrons. The van der Waals surface area contributed by atoms with Crippen LogP contribution in [-0.2, 0) is 26.2 Å². The number of hydrogen-bond acceptors (Lipinski definition) is 4. The Kier molecular flexibility index (Phi) is 5.52. The SMILES string of the molecule is CN(CCc1ccccc1)S(=O)(=O)N[C@@H]1CCO[C@@H]1C(=O)O. The van der Waals surface area contributed by atoms with E-state index in [9.17, 15) is 13.2 Å². The molecule has 2 atom stereocenters. The maximum absolute atomic E-state index is 12.2. The van der Waals surface area contributed by atoms with Gasteiger partial charge in [-0.3, -0.25) is 0 Å². The van der Waals surface area contributed by atoms with Gasteiger partial charge >= 0.3 is 5.97 Å². The van der Waals surface area contributed by atoms with Gasteiger partial charge < -0.3 is 9.84 Å². The van der Waals surface area contributed by atoms with Crippen LogP contribution in [0.4, 0.5) is 0 Å². The average molecular weight is 328 g/mol. The van der Waals surface area contributed by atoms with Gasteiger partial charge in [0.05, 0.1) is 6.04 Å². The summed E-state index contributed by atoms with van der Waals surface area (Å²) in [6.07, 6.45) is -0.192. The van der Waals surface area contributed by atoms with Gasteiger partial charge in [0.25, 0.3) is 10.2 Å². The number of aliphatic carboxylic acids is 1. The van der Waals surface area contributed by atoms with Crippen LogP contribution in [0.5, 0.6) is 0 Å². The molecule has 8 heteroatoms. The topological polar surface area (TPSA) is 95.9 Å². The van der Waals surface area contributed by atoms with Gasteiger partial charge in [-0.15, -0.1) is 0 Å². The van der Waals surface area contributed by atoms with E-state index < -0.39 is 28.3 Å². The number of rotatable bonds is 7. The first-order valence-electron chi connectivity index (χ1n) is 7.02. The molecular weight excluding hydrogens is 308 g/mol. The molecule has 2 rings (SSSR count). The number of carboxylic acids is 1. The minimum absolute atomic E-state index is 0.234. The van der Waals surface area contributed by atoms with Gasteiger partial charge in [0.1, 0.15) is 0 Å². The fourth-order valence-electron chi connectivity index (χ4n) is 2.29. The number of nitrogens with one attached hydrogen (secondary N) is 1. The molecule has 0 amide bonds. The number of carbonyl (C=O) groups is 1. The van der Waals surface area contributed by atoms with Crippen molar-refractivity contribution in [2.24, 2.45) is 0 Å². The lowest BCUT2D eigenvalue weighted by Gasteiger charge is -2.22. The highest BCUT2D eigenvalue weighted by atomic mass is 32.2. The van der Waals surface area contributed by atoms with Gasteiger partial charge in [0, 0.05) is 20.2 Å². The molecule has 1 heterocycles. The highest BCUT2D eigenvalue weighted by molar-refractivity contribution is 7.87. The first-order valence-corrected chi connectivity index (χ1v) is 8.46. The van der Waals surface area contributed by atoms with E-state index in [0.717, 1.165) is 5.56 Å². The smallest absolute Gasteiger partial charge is 0.334 e. The molecule has 1 aliphatic heterocycles. The van der Waals surface area contributed by atoms with E-state index in [2.05, 4.69) is 4.72 Å². The summed E-state index contributed by atoms with van der Waals surface area (Å²) in [4.78, 5) is 11.0. The van der Waals surface area contributed by atoms with Crippen LogP contribution in [0.25, 0.3) is 0 Å². The zero-order valence-corrected chi connectivity index (χ0v) is 13.1. The Labute approximate surface area is 130 Å². The van der Waals surface area contributed by atoms with Crippen molar-refractivity contribution in [3.8, 4) is 0 Å². The lowest BCUT2D eigenvalue weighted by atomic mass is 10.1. The molecular formula is C14H20N2O5S. The Morgan fingerprint density at radius 3 is 2.73 bits per heavy atom. The summed E-state index contributed by atoms with van der Waals surface area (Å²) in [5.41, 5.74) is 1.04. The van der Waals surface area contributed by atoms with E-state index in [1.165, 1.54) is 11.4 Å². The van der Waals surface area contributed by atoms with E-state index >= 15 is 0 Å². The van der Waals surface area contributed by atoms with Crippen LogP contribution in [0.1, 0.15) is 12.0 Å². The first kappa shape index (κ1) is 16.9. The lowest BCUT2D eigenvalue weighted by molar-refractivity contribution is -0.148. The summed E-state index contributed by atoms with van der Waals surface area (Å²) in [6, 6.07) is 8.82. The summed E-state index contributed by atoms with van der Waals surface area (Å²) in [7, 11) is -2.27.